The summed E-state index contributed by atoms with van der Waals surface area (Å²) in [5.41, 5.74) is 6.19. The molecule has 110 valence electrons. The molecule has 1 aromatic carbocycles. The van der Waals surface area contributed by atoms with E-state index in [1.165, 1.54) is 0 Å². The summed E-state index contributed by atoms with van der Waals surface area (Å²) < 4.78 is 0. The fraction of sp³-hybridized carbons (Fsp3) is 0.125. The number of nitriles is 3. The average molecular weight is 321 g/mol. The quantitative estimate of drug-likeness (QED) is 0.639. The van der Waals surface area contributed by atoms with Crippen LogP contribution in [-0.2, 0) is 0 Å². The van der Waals surface area contributed by atoms with Gasteiger partial charge in [-0.2, -0.15) is 15.8 Å². The first-order valence-electron chi connectivity index (χ1n) is 6.41. The van der Waals surface area contributed by atoms with Crippen LogP contribution in [0.2, 0.25) is 5.02 Å². The molecule has 1 unspecified atom stereocenters. The summed E-state index contributed by atoms with van der Waals surface area (Å²) in [4.78, 5) is 3.98. The minimum Gasteiger partial charge on any atom is -0.386 e. The number of hydrogen-bond acceptors (Lipinski definition) is 6. The van der Waals surface area contributed by atoms with Crippen molar-refractivity contribution in [2.24, 2.45) is 16.6 Å². The van der Waals surface area contributed by atoms with Gasteiger partial charge in [0.2, 0.25) is 0 Å². The number of benzene rings is 1. The van der Waals surface area contributed by atoms with E-state index in [2.05, 4.69) is 4.99 Å². The van der Waals surface area contributed by atoms with Crippen molar-refractivity contribution in [2.75, 3.05) is 0 Å². The number of nitrogens with one attached hydrogen (secondary N) is 1. The van der Waals surface area contributed by atoms with Crippen LogP contribution in [0.5, 0.6) is 0 Å². The van der Waals surface area contributed by atoms with Gasteiger partial charge < -0.3 is 5.73 Å². The van der Waals surface area contributed by atoms with Crippen molar-refractivity contribution >= 4 is 23.3 Å². The number of allylic oxidation sites excluding steroid dienone is 2. The Hall–Kier alpha value is -3.36. The van der Waals surface area contributed by atoms with Gasteiger partial charge in [-0.15, -0.1) is 0 Å². The Labute approximate surface area is 137 Å². The lowest BCUT2D eigenvalue weighted by Crippen LogP contribution is -2.33. The van der Waals surface area contributed by atoms with Crippen molar-refractivity contribution in [3.8, 4) is 18.2 Å². The molecule has 2 atom stereocenters. The molecular formula is C16H9ClN6. The van der Waals surface area contributed by atoms with Crippen molar-refractivity contribution in [3.05, 3.63) is 51.7 Å². The number of amidine groups is 1. The third kappa shape index (κ3) is 2.71. The van der Waals surface area contributed by atoms with Gasteiger partial charge in [-0.1, -0.05) is 29.8 Å². The molecule has 1 aliphatic heterocycles. The zero-order valence-corrected chi connectivity index (χ0v) is 12.5. The summed E-state index contributed by atoms with van der Waals surface area (Å²) in [5, 5.41) is 35.6. The molecule has 0 aliphatic carbocycles. The number of rotatable bonds is 2. The third-order valence-corrected chi connectivity index (χ3v) is 3.78. The van der Waals surface area contributed by atoms with Crippen LogP contribution in [0.4, 0.5) is 0 Å². The molecular weight excluding hydrogens is 312 g/mol. The summed E-state index contributed by atoms with van der Waals surface area (Å²) in [6.07, 6.45) is 0. The second-order valence-electron chi connectivity index (χ2n) is 4.63. The Bertz CT molecular complexity index is 900. The Kier molecular flexibility index (Phi) is 4.60. The van der Waals surface area contributed by atoms with Gasteiger partial charge >= 0.3 is 0 Å². The van der Waals surface area contributed by atoms with Crippen molar-refractivity contribution < 1.29 is 0 Å². The van der Waals surface area contributed by atoms with E-state index in [0.717, 1.165) is 0 Å². The lowest BCUT2D eigenvalue weighted by atomic mass is 9.77. The van der Waals surface area contributed by atoms with Crippen LogP contribution in [0.15, 0.2) is 46.1 Å². The highest BCUT2D eigenvalue weighted by atomic mass is 35.5. The van der Waals surface area contributed by atoms with Crippen LogP contribution in [0, 0.1) is 45.3 Å². The van der Waals surface area contributed by atoms with E-state index < -0.39 is 11.8 Å². The van der Waals surface area contributed by atoms with E-state index in [-0.39, 0.29) is 22.7 Å². The molecule has 0 spiro atoms. The highest BCUT2D eigenvalue weighted by Gasteiger charge is 2.37. The van der Waals surface area contributed by atoms with E-state index >= 15 is 0 Å². The number of nitrogens with zero attached hydrogens (tertiary/aromatic N) is 4. The maximum absolute atomic E-state index is 9.54. The highest BCUT2D eigenvalue weighted by molar-refractivity contribution is 6.31. The third-order valence-electron chi connectivity index (χ3n) is 3.43. The number of halogens is 1. The molecule has 6 nitrogen and oxygen atoms in total. The van der Waals surface area contributed by atoms with Gasteiger partial charge in [0.1, 0.15) is 29.1 Å². The molecule has 1 heterocycles. The van der Waals surface area contributed by atoms with Gasteiger partial charge in [0, 0.05) is 10.9 Å². The van der Waals surface area contributed by atoms with E-state index in [9.17, 15) is 10.5 Å². The van der Waals surface area contributed by atoms with E-state index in [1.807, 2.05) is 18.0 Å². The van der Waals surface area contributed by atoms with Crippen molar-refractivity contribution in [1.29, 1.82) is 21.2 Å². The van der Waals surface area contributed by atoms with Crippen LogP contribution in [0.3, 0.4) is 0 Å². The van der Waals surface area contributed by atoms with E-state index in [1.54, 1.807) is 30.3 Å². The molecule has 1 aliphatic rings. The predicted molar refractivity (Wildman–Crippen MR) is 84.4 cm³/mol. The van der Waals surface area contributed by atoms with Crippen LogP contribution in [0.25, 0.3) is 0 Å². The van der Waals surface area contributed by atoms with Gasteiger partial charge in [0.05, 0.1) is 17.7 Å². The van der Waals surface area contributed by atoms with Crippen molar-refractivity contribution in [1.82, 2.24) is 0 Å². The Morgan fingerprint density at radius 2 is 1.96 bits per heavy atom. The molecule has 7 heteroatoms. The second kappa shape index (κ2) is 6.60. The monoisotopic (exact) mass is 320 g/mol. The van der Waals surface area contributed by atoms with Gasteiger partial charge in [-0.25, -0.2) is 4.99 Å². The van der Waals surface area contributed by atoms with E-state index in [0.29, 0.717) is 10.6 Å². The molecule has 3 N–H and O–H groups in total. The molecule has 0 bridgehead atoms. The van der Waals surface area contributed by atoms with Gasteiger partial charge in [-0.05, 0) is 17.5 Å². The fourth-order valence-electron chi connectivity index (χ4n) is 2.40. The number of hydrogen-bond donors (Lipinski definition) is 2. The maximum Gasteiger partial charge on any atom is 0.139 e. The van der Waals surface area contributed by atoms with Gasteiger partial charge in [0.15, 0.2) is 0 Å². The first kappa shape index (κ1) is 16.0. The minimum atomic E-state index is -0.890. The smallest absolute Gasteiger partial charge is 0.139 e. The second-order valence-corrected chi connectivity index (χ2v) is 5.04. The standard InChI is InChI=1S/C16H9ClN6/c17-13-4-2-1-3-10(13)14-11(7-20)15(9(5-18)6-19)23-16(22)12(14)8-21/h1-4,12,14,18H,(H2,22,23)/t12?,14-/m0/s1. The van der Waals surface area contributed by atoms with Gasteiger partial charge in [0.25, 0.3) is 0 Å². The summed E-state index contributed by atoms with van der Waals surface area (Å²) in [7, 11) is 0. The molecule has 0 amide bonds. The maximum atomic E-state index is 9.54. The molecule has 0 aromatic heterocycles. The minimum absolute atomic E-state index is 0.0329. The molecule has 0 fully saturated rings. The Morgan fingerprint density at radius 3 is 2.48 bits per heavy atom. The zero-order chi connectivity index (χ0) is 17.0. The summed E-state index contributed by atoms with van der Waals surface area (Å²) in [6, 6.07) is 12.5. The number of nitrogens with two attached hydrogens (primary N) is 1. The topological polar surface area (TPSA) is 134 Å². The Morgan fingerprint density at radius 1 is 1.26 bits per heavy atom. The first-order valence-corrected chi connectivity index (χ1v) is 6.79. The largest absolute Gasteiger partial charge is 0.386 e. The fourth-order valence-corrected chi connectivity index (χ4v) is 2.65. The first-order chi connectivity index (χ1) is 11.1. The molecule has 23 heavy (non-hydrogen) atoms. The van der Waals surface area contributed by atoms with Crippen LogP contribution in [-0.4, -0.2) is 11.7 Å². The molecule has 0 radical (unpaired) electrons. The number of aliphatic imine (C=N–C) groups is 1. The lowest BCUT2D eigenvalue weighted by molar-refractivity contribution is 0.704. The van der Waals surface area contributed by atoms with Crippen LogP contribution < -0.4 is 5.73 Å². The summed E-state index contributed by atoms with van der Waals surface area (Å²) in [6.45, 7) is 0. The van der Waals surface area contributed by atoms with Crippen LogP contribution >= 0.6 is 11.6 Å². The van der Waals surface area contributed by atoms with Crippen molar-refractivity contribution in [3.63, 3.8) is 0 Å². The summed E-state index contributed by atoms with van der Waals surface area (Å²) >= 11 is 6.20. The molecule has 1 aromatic rings. The lowest BCUT2D eigenvalue weighted by Gasteiger charge is -2.27. The molecule has 0 saturated carbocycles. The Balaban J connectivity index is 2.82. The average Bonchev–Trinajstić information content (AvgIpc) is 2.56. The normalized spacial score (nSPS) is 19.7. The van der Waals surface area contributed by atoms with Gasteiger partial charge in [-0.3, -0.25) is 5.41 Å². The zero-order valence-electron chi connectivity index (χ0n) is 11.7. The highest BCUT2D eigenvalue weighted by Crippen LogP contribution is 2.41. The van der Waals surface area contributed by atoms with Crippen molar-refractivity contribution in [2.45, 2.75) is 5.92 Å². The predicted octanol–water partition coefficient (Wildman–Crippen LogP) is 2.41. The summed E-state index contributed by atoms with van der Waals surface area (Å²) in [5.74, 6) is 0.260. The van der Waals surface area contributed by atoms with Crippen LogP contribution in [0.1, 0.15) is 11.5 Å². The molecule has 2 rings (SSSR count). The molecule has 0 saturated heterocycles. The van der Waals surface area contributed by atoms with E-state index in [4.69, 9.17) is 28.0 Å². The SMILES string of the molecule is N#CC(=C=N)C1=C(C#N)[C@H](c2ccccc2Cl)C(C#N)C(N)=N1.